The minimum absolute atomic E-state index is 1.01. The summed E-state index contributed by atoms with van der Waals surface area (Å²) >= 11 is 0. The van der Waals surface area contributed by atoms with Gasteiger partial charge >= 0.3 is 0 Å². The van der Waals surface area contributed by atoms with Crippen LogP contribution in [0.2, 0.25) is 0 Å². The molecule has 0 N–H and O–H groups in total. The van der Waals surface area contributed by atoms with E-state index in [4.69, 9.17) is 0 Å². The van der Waals surface area contributed by atoms with Gasteiger partial charge in [0.2, 0.25) is 0 Å². The molecule has 18 heavy (non-hydrogen) atoms. The van der Waals surface area contributed by atoms with Gasteiger partial charge in [-0.05, 0) is 23.8 Å². The van der Waals surface area contributed by atoms with Crippen molar-refractivity contribution < 1.29 is 0 Å². The molecule has 1 radical (unpaired) electrons. The molecule has 0 fully saturated rings. The Morgan fingerprint density at radius 3 is 2.39 bits per heavy atom. The highest BCUT2D eigenvalue weighted by atomic mass is 14.7. The molecule has 0 saturated carbocycles. The topological polar surface area (TPSA) is 12.9 Å². The van der Waals surface area contributed by atoms with E-state index >= 15 is 0 Å². The fraction of sp³-hybridized carbons (Fsp3) is 0. The van der Waals surface area contributed by atoms with Crippen LogP contribution in [0.15, 0.2) is 72.9 Å². The van der Waals surface area contributed by atoms with Crippen molar-refractivity contribution in [2.45, 2.75) is 0 Å². The van der Waals surface area contributed by atoms with Gasteiger partial charge in [-0.1, -0.05) is 54.6 Å². The number of aromatic nitrogens is 1. The Morgan fingerprint density at radius 2 is 1.61 bits per heavy atom. The van der Waals surface area contributed by atoms with Crippen LogP contribution in [-0.4, -0.2) is 4.98 Å². The maximum Gasteiger partial charge on any atom is 0.0780 e. The quantitative estimate of drug-likeness (QED) is 0.642. The van der Waals surface area contributed by atoms with Gasteiger partial charge in [-0.3, -0.25) is 4.98 Å². The van der Waals surface area contributed by atoms with Gasteiger partial charge < -0.3 is 0 Å². The summed E-state index contributed by atoms with van der Waals surface area (Å²) < 4.78 is 0. The molecule has 85 valence electrons. The van der Waals surface area contributed by atoms with E-state index in [1.807, 2.05) is 48.7 Å². The highest BCUT2D eigenvalue weighted by Gasteiger charge is 2.07. The molecule has 0 bridgehead atoms. The second kappa shape index (κ2) is 4.84. The highest BCUT2D eigenvalue weighted by molar-refractivity contribution is 5.80. The zero-order valence-corrected chi connectivity index (χ0v) is 9.88. The second-order valence-electron chi connectivity index (χ2n) is 4.06. The minimum atomic E-state index is 1.01. The molecule has 0 aliphatic carbocycles. The molecule has 1 nitrogen and oxygen atoms in total. The van der Waals surface area contributed by atoms with Crippen LogP contribution in [0.25, 0.3) is 22.4 Å². The van der Waals surface area contributed by atoms with E-state index in [-0.39, 0.29) is 0 Å². The van der Waals surface area contributed by atoms with Gasteiger partial charge in [-0.15, -0.1) is 0 Å². The molecule has 0 atom stereocenters. The lowest BCUT2D eigenvalue weighted by Crippen LogP contribution is -1.88. The van der Waals surface area contributed by atoms with Crippen LogP contribution >= 0.6 is 0 Å². The first-order chi connectivity index (χ1) is 8.95. The van der Waals surface area contributed by atoms with Gasteiger partial charge in [-0.2, -0.15) is 0 Å². The van der Waals surface area contributed by atoms with E-state index in [2.05, 4.69) is 35.3 Å². The number of hydrogen-bond acceptors (Lipinski definition) is 1. The zero-order chi connectivity index (χ0) is 12.2. The predicted octanol–water partition coefficient (Wildman–Crippen LogP) is 4.22. The van der Waals surface area contributed by atoms with Crippen molar-refractivity contribution in [2.24, 2.45) is 0 Å². The number of hydrogen-bond donors (Lipinski definition) is 0. The van der Waals surface area contributed by atoms with E-state index in [0.717, 1.165) is 22.4 Å². The average molecular weight is 230 g/mol. The van der Waals surface area contributed by atoms with Crippen LogP contribution in [0.1, 0.15) is 0 Å². The van der Waals surface area contributed by atoms with Crippen LogP contribution in [0, 0.1) is 6.07 Å². The Hall–Kier alpha value is -2.41. The van der Waals surface area contributed by atoms with E-state index in [9.17, 15) is 0 Å². The van der Waals surface area contributed by atoms with Gasteiger partial charge in [0, 0.05) is 17.3 Å². The zero-order valence-electron chi connectivity index (χ0n) is 9.88. The van der Waals surface area contributed by atoms with Crippen molar-refractivity contribution in [3.05, 3.63) is 79.0 Å². The molecule has 0 amide bonds. The molecule has 0 aliphatic rings. The summed E-state index contributed by atoms with van der Waals surface area (Å²) in [6, 6.07) is 25.4. The number of rotatable bonds is 2. The van der Waals surface area contributed by atoms with Gasteiger partial charge in [-0.25, -0.2) is 0 Å². The normalized spacial score (nSPS) is 10.2. The largest absolute Gasteiger partial charge is 0.256 e. The van der Waals surface area contributed by atoms with Crippen molar-refractivity contribution in [3.63, 3.8) is 0 Å². The summed E-state index contributed by atoms with van der Waals surface area (Å²) in [6.45, 7) is 0. The molecule has 1 aromatic heterocycles. The van der Waals surface area contributed by atoms with E-state index in [0.29, 0.717) is 0 Å². The molecule has 0 aliphatic heterocycles. The van der Waals surface area contributed by atoms with Crippen LogP contribution in [0.3, 0.4) is 0 Å². The summed E-state index contributed by atoms with van der Waals surface area (Å²) in [7, 11) is 0. The molecule has 0 unspecified atom stereocenters. The maximum absolute atomic E-state index is 4.51. The van der Waals surface area contributed by atoms with Crippen molar-refractivity contribution >= 4 is 0 Å². The Labute approximate surface area is 107 Å². The number of nitrogens with zero attached hydrogens (tertiary/aromatic N) is 1. The predicted molar refractivity (Wildman–Crippen MR) is 73.9 cm³/mol. The van der Waals surface area contributed by atoms with Crippen molar-refractivity contribution in [1.82, 2.24) is 4.98 Å². The average Bonchev–Trinajstić information content (AvgIpc) is 2.49. The number of benzene rings is 2. The molecule has 0 saturated heterocycles. The van der Waals surface area contributed by atoms with Crippen LogP contribution in [0.4, 0.5) is 0 Å². The van der Waals surface area contributed by atoms with Crippen LogP contribution in [-0.2, 0) is 0 Å². The lowest BCUT2D eigenvalue weighted by Gasteiger charge is -2.08. The van der Waals surface area contributed by atoms with E-state index in [1.165, 1.54) is 0 Å². The van der Waals surface area contributed by atoms with Crippen molar-refractivity contribution in [2.75, 3.05) is 0 Å². The molecule has 2 aromatic carbocycles. The molecular weight excluding hydrogens is 218 g/mol. The van der Waals surface area contributed by atoms with Crippen LogP contribution < -0.4 is 0 Å². The lowest BCUT2D eigenvalue weighted by molar-refractivity contribution is 1.32. The Balaban J connectivity index is 2.18. The van der Waals surface area contributed by atoms with E-state index < -0.39 is 0 Å². The minimum Gasteiger partial charge on any atom is -0.256 e. The lowest BCUT2D eigenvalue weighted by atomic mass is 10.00. The molecule has 1 heterocycles. The van der Waals surface area contributed by atoms with Crippen LogP contribution in [0.5, 0.6) is 0 Å². The highest BCUT2D eigenvalue weighted by Crippen LogP contribution is 2.29. The molecule has 3 rings (SSSR count). The van der Waals surface area contributed by atoms with Gasteiger partial charge in [0.15, 0.2) is 0 Å². The Kier molecular flexibility index (Phi) is 2.89. The molecule has 1 heteroatoms. The summed E-state index contributed by atoms with van der Waals surface area (Å²) in [5, 5.41) is 0. The molecule has 0 spiro atoms. The smallest absolute Gasteiger partial charge is 0.0780 e. The second-order valence-corrected chi connectivity index (χ2v) is 4.06. The van der Waals surface area contributed by atoms with E-state index in [1.54, 1.807) is 0 Å². The SMILES string of the molecule is [c]1cccc(-c2cccnc2-c2ccccc2)c1. The van der Waals surface area contributed by atoms with Gasteiger partial charge in [0.25, 0.3) is 0 Å². The Morgan fingerprint density at radius 1 is 0.778 bits per heavy atom. The fourth-order valence-electron chi connectivity index (χ4n) is 2.03. The van der Waals surface area contributed by atoms with Crippen molar-refractivity contribution in [1.29, 1.82) is 0 Å². The maximum atomic E-state index is 4.51. The summed E-state index contributed by atoms with van der Waals surface area (Å²) in [4.78, 5) is 4.51. The first-order valence-corrected chi connectivity index (χ1v) is 5.92. The first-order valence-electron chi connectivity index (χ1n) is 5.92. The summed E-state index contributed by atoms with van der Waals surface area (Å²) in [5.74, 6) is 0. The Bertz CT molecular complexity index is 572. The first kappa shape index (κ1) is 10.7. The summed E-state index contributed by atoms with van der Waals surface area (Å²) in [5.41, 5.74) is 4.43. The van der Waals surface area contributed by atoms with Gasteiger partial charge in [0.05, 0.1) is 5.69 Å². The monoisotopic (exact) mass is 230 g/mol. The third kappa shape index (κ3) is 2.03. The van der Waals surface area contributed by atoms with Crippen molar-refractivity contribution in [3.8, 4) is 22.4 Å². The molecular formula is C17H12N. The standard InChI is InChI=1S/C17H12N/c1-3-8-14(9-4-1)16-12-7-13-18-17(16)15-10-5-2-6-11-15/h1-3,5-13H. The van der Waals surface area contributed by atoms with Gasteiger partial charge in [0.1, 0.15) is 0 Å². The number of pyridine rings is 1. The molecule has 3 aromatic rings. The fourth-order valence-corrected chi connectivity index (χ4v) is 2.03. The third-order valence-corrected chi connectivity index (χ3v) is 2.87. The third-order valence-electron chi connectivity index (χ3n) is 2.87. The summed E-state index contributed by atoms with van der Waals surface area (Å²) in [6.07, 6.45) is 1.83.